The summed E-state index contributed by atoms with van der Waals surface area (Å²) in [6, 6.07) is 12.1. The molecule has 0 saturated carbocycles. The SMILES string of the molecule is C=CC[N]c1ccc(C(C#N)=C(C#N)C#N)cc1. The Balaban J connectivity index is 3.09. The Labute approximate surface area is 106 Å². The summed E-state index contributed by atoms with van der Waals surface area (Å²) in [6.07, 6.45) is 1.68. The van der Waals surface area contributed by atoms with Gasteiger partial charge in [-0.3, -0.25) is 5.32 Å². The fourth-order valence-electron chi connectivity index (χ4n) is 1.31. The Morgan fingerprint density at radius 3 is 2.17 bits per heavy atom. The predicted octanol–water partition coefficient (Wildman–Crippen LogP) is 2.43. The number of hydrogen-bond donors (Lipinski definition) is 0. The Hall–Kier alpha value is -3.03. The minimum atomic E-state index is -0.187. The van der Waals surface area contributed by atoms with Gasteiger partial charge in [0.2, 0.25) is 0 Å². The topological polar surface area (TPSA) is 85.5 Å². The minimum Gasteiger partial charge on any atom is -0.281 e. The molecular formula is C14H9N4. The van der Waals surface area contributed by atoms with Gasteiger partial charge in [0.1, 0.15) is 23.8 Å². The fraction of sp³-hybridized carbons (Fsp3) is 0.0714. The lowest BCUT2D eigenvalue weighted by atomic mass is 10.0. The van der Waals surface area contributed by atoms with Crippen LogP contribution in [0.4, 0.5) is 5.69 Å². The van der Waals surface area contributed by atoms with Crippen molar-refractivity contribution in [2.75, 3.05) is 6.54 Å². The van der Waals surface area contributed by atoms with Crippen LogP contribution in [0.15, 0.2) is 42.5 Å². The number of allylic oxidation sites excluding steroid dienone is 2. The van der Waals surface area contributed by atoms with Crippen molar-refractivity contribution in [2.45, 2.75) is 0 Å². The zero-order chi connectivity index (χ0) is 13.4. The molecule has 0 saturated heterocycles. The first-order chi connectivity index (χ1) is 8.76. The minimum absolute atomic E-state index is 0.0790. The highest BCUT2D eigenvalue weighted by Crippen LogP contribution is 2.19. The molecule has 85 valence electrons. The molecule has 0 unspecified atom stereocenters. The molecule has 0 amide bonds. The van der Waals surface area contributed by atoms with Gasteiger partial charge in [-0.15, -0.1) is 6.58 Å². The Morgan fingerprint density at radius 2 is 1.72 bits per heavy atom. The van der Waals surface area contributed by atoms with E-state index >= 15 is 0 Å². The molecule has 18 heavy (non-hydrogen) atoms. The lowest BCUT2D eigenvalue weighted by Crippen LogP contribution is -1.96. The van der Waals surface area contributed by atoms with Gasteiger partial charge in [0.25, 0.3) is 0 Å². The highest BCUT2D eigenvalue weighted by atomic mass is 14.8. The zero-order valence-corrected chi connectivity index (χ0v) is 9.59. The van der Waals surface area contributed by atoms with Crippen LogP contribution >= 0.6 is 0 Å². The van der Waals surface area contributed by atoms with Crippen molar-refractivity contribution < 1.29 is 0 Å². The molecule has 0 heterocycles. The van der Waals surface area contributed by atoms with E-state index in [1.807, 2.05) is 6.07 Å². The van der Waals surface area contributed by atoms with E-state index < -0.39 is 0 Å². The molecule has 1 radical (unpaired) electrons. The van der Waals surface area contributed by atoms with Crippen LogP contribution in [0.25, 0.3) is 5.57 Å². The summed E-state index contributed by atoms with van der Waals surface area (Å²) in [7, 11) is 0. The number of nitriles is 3. The second-order valence-corrected chi connectivity index (χ2v) is 3.26. The third-order valence-electron chi connectivity index (χ3n) is 2.14. The van der Waals surface area contributed by atoms with E-state index in [1.54, 1.807) is 42.5 Å². The molecule has 4 nitrogen and oxygen atoms in total. The van der Waals surface area contributed by atoms with E-state index in [1.165, 1.54) is 0 Å². The van der Waals surface area contributed by atoms with E-state index in [0.717, 1.165) is 5.69 Å². The first-order valence-corrected chi connectivity index (χ1v) is 5.10. The van der Waals surface area contributed by atoms with Crippen LogP contribution in [0.1, 0.15) is 5.56 Å². The van der Waals surface area contributed by atoms with Gasteiger partial charge in [-0.2, -0.15) is 15.8 Å². The molecule has 0 N–H and O–H groups in total. The summed E-state index contributed by atoms with van der Waals surface area (Å²) in [5, 5.41) is 30.7. The molecule has 1 aromatic rings. The summed E-state index contributed by atoms with van der Waals surface area (Å²) in [5.41, 5.74) is 1.18. The summed E-state index contributed by atoms with van der Waals surface area (Å²) in [4.78, 5) is 0. The molecule has 0 spiro atoms. The van der Waals surface area contributed by atoms with Crippen LogP contribution in [0, 0.1) is 34.0 Å². The molecular weight excluding hydrogens is 224 g/mol. The summed E-state index contributed by atoms with van der Waals surface area (Å²) < 4.78 is 0. The largest absolute Gasteiger partial charge is 0.281 e. The maximum absolute atomic E-state index is 8.98. The molecule has 1 aromatic carbocycles. The molecule has 0 aliphatic carbocycles. The van der Waals surface area contributed by atoms with Gasteiger partial charge in [0.05, 0.1) is 17.8 Å². The molecule has 0 bridgehead atoms. The van der Waals surface area contributed by atoms with Crippen LogP contribution in [-0.4, -0.2) is 6.54 Å². The third kappa shape index (κ3) is 2.98. The first-order valence-electron chi connectivity index (χ1n) is 5.10. The molecule has 0 aliphatic heterocycles. The van der Waals surface area contributed by atoms with Crippen LogP contribution in [0.3, 0.4) is 0 Å². The van der Waals surface area contributed by atoms with E-state index in [-0.39, 0.29) is 11.1 Å². The van der Waals surface area contributed by atoms with Gasteiger partial charge in [0, 0.05) is 0 Å². The highest BCUT2D eigenvalue weighted by molar-refractivity contribution is 5.84. The average molecular weight is 233 g/mol. The Morgan fingerprint density at radius 1 is 1.11 bits per heavy atom. The van der Waals surface area contributed by atoms with Crippen LogP contribution < -0.4 is 5.32 Å². The van der Waals surface area contributed by atoms with Gasteiger partial charge in [0.15, 0.2) is 0 Å². The van der Waals surface area contributed by atoms with Crippen LogP contribution in [0.2, 0.25) is 0 Å². The molecule has 0 atom stereocenters. The molecule has 0 fully saturated rings. The quantitative estimate of drug-likeness (QED) is 0.591. The zero-order valence-electron chi connectivity index (χ0n) is 9.59. The van der Waals surface area contributed by atoms with E-state index in [2.05, 4.69) is 11.9 Å². The summed E-state index contributed by atoms with van der Waals surface area (Å²) >= 11 is 0. The van der Waals surface area contributed by atoms with Crippen LogP contribution in [0.5, 0.6) is 0 Å². The molecule has 4 heteroatoms. The monoisotopic (exact) mass is 233 g/mol. The number of nitrogens with zero attached hydrogens (tertiary/aromatic N) is 4. The van der Waals surface area contributed by atoms with Crippen molar-refractivity contribution in [3.63, 3.8) is 0 Å². The number of benzene rings is 1. The van der Waals surface area contributed by atoms with Crippen molar-refractivity contribution in [2.24, 2.45) is 0 Å². The molecule has 0 aromatic heterocycles. The number of hydrogen-bond acceptors (Lipinski definition) is 3. The van der Waals surface area contributed by atoms with Crippen LogP contribution in [-0.2, 0) is 0 Å². The van der Waals surface area contributed by atoms with E-state index in [0.29, 0.717) is 12.1 Å². The second kappa shape index (κ2) is 6.53. The standard InChI is InChI=1S/C14H9N4/c1-2-7-18-13-5-3-11(4-6-13)14(10-17)12(8-15)9-16/h2-6H,1,7H2. The maximum atomic E-state index is 8.98. The van der Waals surface area contributed by atoms with Gasteiger partial charge in [-0.25, -0.2) is 0 Å². The smallest absolute Gasteiger partial charge is 0.148 e. The van der Waals surface area contributed by atoms with Crippen molar-refractivity contribution >= 4 is 11.3 Å². The summed E-state index contributed by atoms with van der Waals surface area (Å²) in [6.45, 7) is 4.08. The average Bonchev–Trinajstić information content (AvgIpc) is 2.43. The Bertz CT molecular complexity index is 573. The maximum Gasteiger partial charge on any atom is 0.148 e. The van der Waals surface area contributed by atoms with Gasteiger partial charge in [-0.1, -0.05) is 18.2 Å². The van der Waals surface area contributed by atoms with Gasteiger partial charge >= 0.3 is 0 Å². The lowest BCUT2D eigenvalue weighted by molar-refractivity contribution is 0.979. The summed E-state index contributed by atoms with van der Waals surface area (Å²) in [5.74, 6) is 0. The van der Waals surface area contributed by atoms with Gasteiger partial charge in [-0.05, 0) is 17.7 Å². The highest BCUT2D eigenvalue weighted by Gasteiger charge is 2.08. The fourth-order valence-corrected chi connectivity index (χ4v) is 1.31. The normalized spacial score (nSPS) is 8.28. The first kappa shape index (κ1) is 13.0. The predicted molar refractivity (Wildman–Crippen MR) is 67.1 cm³/mol. The molecule has 1 rings (SSSR count). The second-order valence-electron chi connectivity index (χ2n) is 3.26. The third-order valence-corrected chi connectivity index (χ3v) is 2.14. The van der Waals surface area contributed by atoms with Crippen molar-refractivity contribution in [1.82, 2.24) is 5.32 Å². The van der Waals surface area contributed by atoms with E-state index in [9.17, 15) is 0 Å². The molecule has 0 aliphatic rings. The number of rotatable bonds is 4. The van der Waals surface area contributed by atoms with Crippen molar-refractivity contribution in [3.05, 3.63) is 48.1 Å². The van der Waals surface area contributed by atoms with Gasteiger partial charge < -0.3 is 0 Å². The van der Waals surface area contributed by atoms with E-state index in [4.69, 9.17) is 15.8 Å². The lowest BCUT2D eigenvalue weighted by Gasteiger charge is -2.02. The Kier molecular flexibility index (Phi) is 4.73. The van der Waals surface area contributed by atoms with Crippen molar-refractivity contribution in [1.29, 1.82) is 15.8 Å². The van der Waals surface area contributed by atoms with Crippen molar-refractivity contribution in [3.8, 4) is 18.2 Å².